The Morgan fingerprint density at radius 3 is 2.44 bits per heavy atom. The third-order valence-corrected chi connectivity index (χ3v) is 6.27. The molecule has 0 aliphatic rings. The van der Waals surface area contributed by atoms with E-state index in [1.165, 1.54) is 0 Å². The van der Waals surface area contributed by atoms with Crippen LogP contribution in [0.5, 0.6) is 11.5 Å². The van der Waals surface area contributed by atoms with Gasteiger partial charge in [0.1, 0.15) is 29.4 Å². The van der Waals surface area contributed by atoms with Crippen molar-refractivity contribution in [3.8, 4) is 11.5 Å². The van der Waals surface area contributed by atoms with Gasteiger partial charge in [-0.25, -0.2) is 4.57 Å². The van der Waals surface area contributed by atoms with Gasteiger partial charge in [-0.1, -0.05) is 37.3 Å². The molecule has 9 nitrogen and oxygen atoms in total. The number of aryl methyl sites for hydroxylation is 1. The first kappa shape index (κ1) is 30.7. The lowest BCUT2D eigenvalue weighted by molar-refractivity contribution is -0.697. The van der Waals surface area contributed by atoms with E-state index in [-0.39, 0.29) is 0 Å². The number of aliphatic imine (C=N–C) groups is 1. The van der Waals surface area contributed by atoms with Crippen molar-refractivity contribution in [1.82, 2.24) is 0 Å². The summed E-state index contributed by atoms with van der Waals surface area (Å²) < 4.78 is 12.7. The number of anilines is 2. The van der Waals surface area contributed by atoms with Crippen LogP contribution in [0.15, 0.2) is 112 Å². The van der Waals surface area contributed by atoms with Crippen LogP contribution >= 0.6 is 0 Å². The van der Waals surface area contributed by atoms with Crippen molar-refractivity contribution in [3.05, 3.63) is 91.3 Å². The predicted octanol–water partition coefficient (Wildman–Crippen LogP) is 6.85. The Bertz CT molecular complexity index is 1350. The number of hydrogen-bond donors (Lipinski definition) is 1. The molecule has 0 bridgehead atoms. The SMILES string of the molecule is C=CC(/C=N\N(C)c1ccccc1)=C\C=NCCCCCC[n+]1ccc(N=Nc2cc(OC)cc(OC)c2N)cc1. The van der Waals surface area contributed by atoms with Crippen LogP contribution in [-0.4, -0.2) is 40.2 Å². The van der Waals surface area contributed by atoms with Gasteiger partial charge in [0.2, 0.25) is 0 Å². The van der Waals surface area contributed by atoms with Crippen molar-refractivity contribution in [3.63, 3.8) is 0 Å². The number of hydrogen-bond acceptors (Lipinski definition) is 8. The second kappa shape index (κ2) is 17.0. The average molecular weight is 555 g/mol. The fraction of sp³-hybridized carbons (Fsp3) is 0.281. The maximum absolute atomic E-state index is 6.12. The molecule has 0 saturated heterocycles. The van der Waals surface area contributed by atoms with E-state index in [1.807, 2.05) is 79.2 Å². The smallest absolute Gasteiger partial charge is 0.171 e. The van der Waals surface area contributed by atoms with Gasteiger partial charge in [-0.2, -0.15) is 10.2 Å². The number of methoxy groups -OCH3 is 2. The fourth-order valence-electron chi connectivity index (χ4n) is 3.83. The molecule has 0 radical (unpaired) electrons. The molecule has 9 heteroatoms. The average Bonchev–Trinajstić information content (AvgIpc) is 3.02. The van der Waals surface area contributed by atoms with Gasteiger partial charge >= 0.3 is 0 Å². The number of hydrazone groups is 1. The van der Waals surface area contributed by atoms with E-state index < -0.39 is 0 Å². The minimum atomic E-state index is 0.420. The minimum absolute atomic E-state index is 0.420. The highest BCUT2D eigenvalue weighted by Crippen LogP contribution is 2.37. The Kier molecular flexibility index (Phi) is 12.8. The highest BCUT2D eigenvalue weighted by molar-refractivity contribution is 5.89. The van der Waals surface area contributed by atoms with Gasteiger partial charge in [0.15, 0.2) is 12.4 Å². The number of nitrogens with zero attached hydrogens (tertiary/aromatic N) is 6. The molecule has 3 rings (SSSR count). The Labute approximate surface area is 243 Å². The van der Waals surface area contributed by atoms with Gasteiger partial charge in [0.05, 0.1) is 31.8 Å². The van der Waals surface area contributed by atoms with E-state index in [0.29, 0.717) is 22.9 Å². The molecule has 2 N–H and O–H groups in total. The number of nitrogen functional groups attached to an aromatic ring is 1. The Morgan fingerprint density at radius 1 is 0.976 bits per heavy atom. The van der Waals surface area contributed by atoms with Crippen molar-refractivity contribution >= 4 is 35.2 Å². The number of benzene rings is 2. The number of para-hydroxylation sites is 1. The van der Waals surface area contributed by atoms with Crippen molar-refractivity contribution in [2.24, 2.45) is 20.3 Å². The summed E-state index contributed by atoms with van der Waals surface area (Å²) in [6.45, 7) is 5.61. The molecular formula is C32H40N7O2+. The summed E-state index contributed by atoms with van der Waals surface area (Å²) in [4.78, 5) is 4.50. The van der Waals surface area contributed by atoms with Crippen LogP contribution in [0, 0.1) is 0 Å². The molecular weight excluding hydrogens is 514 g/mol. The molecule has 0 amide bonds. The second-order valence-electron chi connectivity index (χ2n) is 9.20. The molecule has 1 heterocycles. The first-order chi connectivity index (χ1) is 20.0. The van der Waals surface area contributed by atoms with Gasteiger partial charge < -0.3 is 15.2 Å². The highest BCUT2D eigenvalue weighted by Gasteiger charge is 2.09. The van der Waals surface area contributed by atoms with Crippen LogP contribution in [0.1, 0.15) is 25.7 Å². The van der Waals surface area contributed by atoms with Crippen LogP contribution in [0.25, 0.3) is 0 Å². The Hall–Kier alpha value is -4.79. The topological polar surface area (TPSA) is 101 Å². The lowest BCUT2D eigenvalue weighted by Gasteiger charge is -2.12. The summed E-state index contributed by atoms with van der Waals surface area (Å²) in [5.41, 5.74) is 9.71. The fourth-order valence-corrected chi connectivity index (χ4v) is 3.83. The summed E-state index contributed by atoms with van der Waals surface area (Å²) in [5.74, 6) is 1.11. The molecule has 0 fully saturated rings. The molecule has 0 aliphatic carbocycles. The summed E-state index contributed by atoms with van der Waals surface area (Å²) in [5, 5.41) is 14.9. The van der Waals surface area contributed by atoms with Crippen molar-refractivity contribution in [2.75, 3.05) is 38.6 Å². The van der Waals surface area contributed by atoms with E-state index in [1.54, 1.807) is 38.6 Å². The largest absolute Gasteiger partial charge is 0.497 e. The van der Waals surface area contributed by atoms with Gasteiger partial charge in [0, 0.05) is 50.5 Å². The Balaban J connectivity index is 1.35. The molecule has 214 valence electrons. The van der Waals surface area contributed by atoms with Gasteiger partial charge in [-0.3, -0.25) is 10.0 Å². The van der Waals surface area contributed by atoms with Crippen LogP contribution in [0.2, 0.25) is 0 Å². The zero-order valence-electron chi connectivity index (χ0n) is 24.2. The zero-order chi connectivity index (χ0) is 29.3. The first-order valence-corrected chi connectivity index (χ1v) is 13.6. The lowest BCUT2D eigenvalue weighted by atomic mass is 10.2. The number of allylic oxidation sites excluding steroid dienone is 3. The molecule has 0 saturated carbocycles. The van der Waals surface area contributed by atoms with Crippen LogP contribution < -0.4 is 24.8 Å². The third-order valence-electron chi connectivity index (χ3n) is 6.27. The number of rotatable bonds is 16. The molecule has 2 aromatic carbocycles. The molecule has 3 aromatic rings. The van der Waals surface area contributed by atoms with Crippen molar-refractivity contribution in [2.45, 2.75) is 32.2 Å². The maximum atomic E-state index is 6.12. The molecule has 0 atom stereocenters. The summed E-state index contributed by atoms with van der Waals surface area (Å²) in [7, 11) is 5.05. The number of aromatic nitrogens is 1. The predicted molar refractivity (Wildman–Crippen MR) is 168 cm³/mol. The summed E-state index contributed by atoms with van der Waals surface area (Å²) in [6.07, 6.45) is 15.8. The van der Waals surface area contributed by atoms with Crippen molar-refractivity contribution in [1.29, 1.82) is 0 Å². The standard InChI is InChI=1S/C32H39N7O2/c1-5-26(25-35-38(2)28-13-9-8-10-14-28)15-19-34-18-11-6-7-12-20-39-21-16-27(17-22-39)36-37-30-23-29(40-3)24-31(41-4)32(30)33/h5,8-10,13-17,19,21-25,33H,1,6-7,11-12,18,20H2,2-4H3/p+1/b26-15+,34-19?,35-25-. The van der Waals surface area contributed by atoms with E-state index in [0.717, 1.165) is 55.7 Å². The molecule has 0 spiro atoms. The van der Waals surface area contributed by atoms with E-state index in [4.69, 9.17) is 15.2 Å². The lowest BCUT2D eigenvalue weighted by Crippen LogP contribution is -2.32. The number of nitrogens with two attached hydrogens (primary N) is 1. The number of azo groups is 1. The number of unbranched alkanes of at least 4 members (excludes halogenated alkanes) is 3. The van der Waals surface area contributed by atoms with E-state index in [2.05, 4.69) is 31.5 Å². The van der Waals surface area contributed by atoms with Crippen LogP contribution in [0.4, 0.5) is 22.7 Å². The van der Waals surface area contributed by atoms with Gasteiger partial charge in [-0.05, 0) is 36.6 Å². The second-order valence-corrected chi connectivity index (χ2v) is 9.20. The maximum Gasteiger partial charge on any atom is 0.171 e. The third kappa shape index (κ3) is 10.4. The number of pyridine rings is 1. The number of ether oxygens (including phenoxy) is 2. The monoisotopic (exact) mass is 554 g/mol. The van der Waals surface area contributed by atoms with Crippen LogP contribution in [-0.2, 0) is 6.54 Å². The van der Waals surface area contributed by atoms with Crippen molar-refractivity contribution < 1.29 is 14.0 Å². The molecule has 0 aliphatic heterocycles. The first-order valence-electron chi connectivity index (χ1n) is 13.6. The molecule has 41 heavy (non-hydrogen) atoms. The summed E-state index contributed by atoms with van der Waals surface area (Å²) >= 11 is 0. The van der Waals surface area contributed by atoms with Gasteiger partial charge in [0.25, 0.3) is 0 Å². The quantitative estimate of drug-likeness (QED) is 0.0398. The minimum Gasteiger partial charge on any atom is -0.497 e. The zero-order valence-corrected chi connectivity index (χ0v) is 24.2. The van der Waals surface area contributed by atoms with Gasteiger partial charge in [-0.15, -0.1) is 5.11 Å². The van der Waals surface area contributed by atoms with Crippen LogP contribution in [0.3, 0.4) is 0 Å². The Morgan fingerprint density at radius 2 is 1.73 bits per heavy atom. The molecule has 0 unspecified atom stereocenters. The van der Waals surface area contributed by atoms with E-state index in [9.17, 15) is 0 Å². The summed E-state index contributed by atoms with van der Waals surface area (Å²) in [6, 6.07) is 17.3. The highest BCUT2D eigenvalue weighted by atomic mass is 16.5. The normalized spacial score (nSPS) is 11.9. The molecule has 1 aromatic heterocycles. The van der Waals surface area contributed by atoms with E-state index >= 15 is 0 Å².